The number of halogens is 1. The van der Waals surface area contributed by atoms with E-state index in [4.69, 9.17) is 11.6 Å². The first-order valence-corrected chi connectivity index (χ1v) is 10.6. The van der Waals surface area contributed by atoms with Gasteiger partial charge < -0.3 is 15.4 Å². The molecular weight excluding hydrogens is 388 g/mol. The van der Waals surface area contributed by atoms with Gasteiger partial charge in [-0.25, -0.2) is 9.97 Å². The zero-order chi connectivity index (χ0) is 20.0. The number of amides is 1. The quantitative estimate of drug-likeness (QED) is 0.595. The smallest absolute Gasteiger partial charge is 0.252 e. The van der Waals surface area contributed by atoms with E-state index in [2.05, 4.69) is 20.3 Å². The van der Waals surface area contributed by atoms with E-state index in [1.54, 1.807) is 6.20 Å². The zero-order valence-corrected chi connectivity index (χ0v) is 16.7. The molecule has 2 heterocycles. The summed E-state index contributed by atoms with van der Waals surface area (Å²) in [4.78, 5) is 25.0. The van der Waals surface area contributed by atoms with Gasteiger partial charge >= 0.3 is 0 Å². The second kappa shape index (κ2) is 7.43. The van der Waals surface area contributed by atoms with E-state index in [0.29, 0.717) is 34.6 Å². The van der Waals surface area contributed by atoms with Crippen molar-refractivity contribution in [1.29, 1.82) is 0 Å². The SMILES string of the molecule is O=C(NC1CC1)c1cccc2[nH]c(-c3nc(C[C@@H]4CCC[C@H]4O)ncc3Cl)cc12. The maximum Gasteiger partial charge on any atom is 0.252 e. The van der Waals surface area contributed by atoms with E-state index in [0.717, 1.165) is 48.7 Å². The molecule has 3 N–H and O–H groups in total. The zero-order valence-electron chi connectivity index (χ0n) is 16.0. The molecule has 1 aromatic carbocycles. The highest BCUT2D eigenvalue weighted by Gasteiger charge is 2.27. The number of benzene rings is 1. The Morgan fingerprint density at radius 2 is 2.14 bits per heavy atom. The maximum absolute atomic E-state index is 12.6. The first-order chi connectivity index (χ1) is 14.1. The van der Waals surface area contributed by atoms with Gasteiger partial charge in [0.1, 0.15) is 11.5 Å². The highest BCUT2D eigenvalue weighted by molar-refractivity contribution is 6.32. The van der Waals surface area contributed by atoms with Gasteiger partial charge in [-0.1, -0.05) is 24.1 Å². The summed E-state index contributed by atoms with van der Waals surface area (Å²) in [6.07, 6.45) is 6.96. The lowest BCUT2D eigenvalue weighted by Crippen LogP contribution is -2.25. The summed E-state index contributed by atoms with van der Waals surface area (Å²) in [7, 11) is 0. The number of carbonyl (C=O) groups is 1. The lowest BCUT2D eigenvalue weighted by molar-refractivity contribution is 0.0952. The Hall–Kier alpha value is -2.44. The van der Waals surface area contributed by atoms with E-state index in [9.17, 15) is 9.90 Å². The van der Waals surface area contributed by atoms with E-state index >= 15 is 0 Å². The summed E-state index contributed by atoms with van der Waals surface area (Å²) in [5.41, 5.74) is 2.89. The molecule has 0 radical (unpaired) electrons. The van der Waals surface area contributed by atoms with Crippen molar-refractivity contribution in [2.75, 3.05) is 0 Å². The normalized spacial score (nSPS) is 21.6. The highest BCUT2D eigenvalue weighted by atomic mass is 35.5. The van der Waals surface area contributed by atoms with Gasteiger partial charge in [-0.05, 0) is 49.8 Å². The molecule has 3 aromatic rings. The van der Waals surface area contributed by atoms with Crippen LogP contribution in [0.3, 0.4) is 0 Å². The van der Waals surface area contributed by atoms with Crippen LogP contribution in [0, 0.1) is 5.92 Å². The number of H-pyrrole nitrogens is 1. The number of aliphatic hydroxyl groups excluding tert-OH is 1. The van der Waals surface area contributed by atoms with E-state index in [-0.39, 0.29) is 17.9 Å². The van der Waals surface area contributed by atoms with Gasteiger partial charge in [-0.2, -0.15) is 0 Å². The van der Waals surface area contributed by atoms with Crippen molar-refractivity contribution in [3.8, 4) is 11.4 Å². The third kappa shape index (κ3) is 3.74. The van der Waals surface area contributed by atoms with Crippen LogP contribution in [0.1, 0.15) is 48.3 Å². The largest absolute Gasteiger partial charge is 0.393 e. The summed E-state index contributed by atoms with van der Waals surface area (Å²) >= 11 is 6.41. The van der Waals surface area contributed by atoms with Gasteiger partial charge in [-0.15, -0.1) is 0 Å². The molecule has 7 heteroatoms. The fourth-order valence-electron chi connectivity index (χ4n) is 4.15. The lowest BCUT2D eigenvalue weighted by atomic mass is 10.0. The Bertz CT molecular complexity index is 1080. The van der Waals surface area contributed by atoms with Crippen molar-refractivity contribution in [1.82, 2.24) is 20.3 Å². The molecule has 2 saturated carbocycles. The molecule has 0 saturated heterocycles. The topological polar surface area (TPSA) is 90.9 Å². The van der Waals surface area contributed by atoms with E-state index in [1.165, 1.54) is 0 Å². The predicted octanol–water partition coefficient (Wildman–Crippen LogP) is 3.87. The van der Waals surface area contributed by atoms with Crippen LogP contribution in [0.4, 0.5) is 0 Å². The van der Waals surface area contributed by atoms with Crippen LogP contribution >= 0.6 is 11.6 Å². The van der Waals surface area contributed by atoms with Gasteiger partial charge in [0, 0.05) is 35.1 Å². The van der Waals surface area contributed by atoms with Crippen LogP contribution in [0.2, 0.25) is 5.02 Å². The molecule has 0 spiro atoms. The van der Waals surface area contributed by atoms with Crippen LogP contribution < -0.4 is 5.32 Å². The molecule has 150 valence electrons. The van der Waals surface area contributed by atoms with Crippen LogP contribution in [0.15, 0.2) is 30.5 Å². The molecule has 2 aromatic heterocycles. The number of aromatic nitrogens is 3. The summed E-state index contributed by atoms with van der Waals surface area (Å²) < 4.78 is 0. The maximum atomic E-state index is 12.6. The van der Waals surface area contributed by atoms with Crippen molar-refractivity contribution >= 4 is 28.4 Å². The van der Waals surface area contributed by atoms with Gasteiger partial charge in [0.05, 0.1) is 16.8 Å². The third-order valence-electron chi connectivity index (χ3n) is 5.93. The molecule has 2 fully saturated rings. The van der Waals surface area contributed by atoms with E-state index < -0.39 is 0 Å². The second-order valence-corrected chi connectivity index (χ2v) is 8.55. The van der Waals surface area contributed by atoms with Crippen molar-refractivity contribution in [3.63, 3.8) is 0 Å². The molecule has 2 aliphatic rings. The summed E-state index contributed by atoms with van der Waals surface area (Å²) in [5, 5.41) is 14.5. The fourth-order valence-corrected chi connectivity index (χ4v) is 4.35. The third-order valence-corrected chi connectivity index (χ3v) is 6.21. The Balaban J connectivity index is 1.48. The molecule has 5 rings (SSSR count). The molecule has 0 bridgehead atoms. The predicted molar refractivity (Wildman–Crippen MR) is 112 cm³/mol. The molecule has 2 atom stereocenters. The molecule has 29 heavy (non-hydrogen) atoms. The number of nitrogens with zero attached hydrogens (tertiary/aromatic N) is 2. The minimum Gasteiger partial charge on any atom is -0.393 e. The molecule has 0 aliphatic heterocycles. The van der Waals surface area contributed by atoms with Gasteiger partial charge in [-0.3, -0.25) is 4.79 Å². The van der Waals surface area contributed by atoms with Crippen LogP contribution in [0.5, 0.6) is 0 Å². The fraction of sp³-hybridized carbons (Fsp3) is 0.409. The molecule has 2 aliphatic carbocycles. The summed E-state index contributed by atoms with van der Waals surface area (Å²) in [6.45, 7) is 0. The Morgan fingerprint density at radius 3 is 2.90 bits per heavy atom. The summed E-state index contributed by atoms with van der Waals surface area (Å²) in [5.74, 6) is 0.832. The van der Waals surface area contributed by atoms with Crippen molar-refractivity contribution in [2.45, 2.75) is 50.7 Å². The number of hydrogen-bond acceptors (Lipinski definition) is 4. The van der Waals surface area contributed by atoms with Gasteiger partial charge in [0.2, 0.25) is 0 Å². The van der Waals surface area contributed by atoms with Crippen molar-refractivity contribution in [3.05, 3.63) is 46.9 Å². The number of aromatic amines is 1. The molecular formula is C22H23ClN4O2. The minimum atomic E-state index is -0.279. The number of rotatable bonds is 5. The molecule has 1 amide bonds. The van der Waals surface area contributed by atoms with Crippen LogP contribution in [0.25, 0.3) is 22.3 Å². The van der Waals surface area contributed by atoms with E-state index in [1.807, 2.05) is 24.3 Å². The second-order valence-electron chi connectivity index (χ2n) is 8.14. The number of nitrogens with one attached hydrogen (secondary N) is 2. The monoisotopic (exact) mass is 410 g/mol. The standard InChI is InChI=1S/C22H23ClN4O2/c23-16-11-24-20(9-12-3-1-6-19(12)28)27-21(16)18-10-15-14(4-2-5-17(15)26-18)22(29)25-13-7-8-13/h2,4-5,10-13,19,26,28H,1,3,6-9H2,(H,25,29)/t12-,19+/m0/s1. The van der Waals surface area contributed by atoms with Crippen LogP contribution in [-0.2, 0) is 6.42 Å². The Morgan fingerprint density at radius 1 is 1.28 bits per heavy atom. The van der Waals surface area contributed by atoms with Gasteiger partial charge in [0.25, 0.3) is 5.91 Å². The average molecular weight is 411 g/mol. The Kier molecular flexibility index (Phi) is 4.76. The number of carbonyl (C=O) groups excluding carboxylic acids is 1. The molecule has 0 unspecified atom stereocenters. The first kappa shape index (κ1) is 18.6. The average Bonchev–Trinajstić information content (AvgIpc) is 3.27. The Labute approximate surface area is 173 Å². The van der Waals surface area contributed by atoms with Gasteiger partial charge in [0.15, 0.2) is 0 Å². The molecule has 6 nitrogen and oxygen atoms in total. The number of aliphatic hydroxyl groups is 1. The minimum absolute atomic E-state index is 0.0478. The summed E-state index contributed by atoms with van der Waals surface area (Å²) in [6, 6.07) is 7.89. The van der Waals surface area contributed by atoms with Crippen molar-refractivity contribution in [2.24, 2.45) is 5.92 Å². The highest BCUT2D eigenvalue weighted by Crippen LogP contribution is 2.32. The van der Waals surface area contributed by atoms with Crippen molar-refractivity contribution < 1.29 is 9.90 Å². The number of fused-ring (bicyclic) bond motifs is 1. The number of hydrogen-bond donors (Lipinski definition) is 3. The first-order valence-electron chi connectivity index (χ1n) is 10.2. The lowest BCUT2D eigenvalue weighted by Gasteiger charge is -2.13. The van der Waals surface area contributed by atoms with Crippen LogP contribution in [-0.4, -0.2) is 38.1 Å².